The van der Waals surface area contributed by atoms with Crippen LogP contribution >= 0.6 is 0 Å². The Bertz CT molecular complexity index is 1850. The van der Waals surface area contributed by atoms with E-state index in [-0.39, 0.29) is 26.4 Å². The summed E-state index contributed by atoms with van der Waals surface area (Å²) in [6.07, 6.45) is -4.12. The van der Waals surface area contributed by atoms with Gasteiger partial charge in [-0.05, 0) is 59.5 Å². The highest BCUT2D eigenvalue weighted by Gasteiger charge is 2.49. The van der Waals surface area contributed by atoms with Gasteiger partial charge in [0.25, 0.3) is 0 Å². The summed E-state index contributed by atoms with van der Waals surface area (Å²) in [5.41, 5.74) is 4.04. The van der Waals surface area contributed by atoms with Gasteiger partial charge in [0.05, 0.1) is 44.2 Å². The van der Waals surface area contributed by atoms with Gasteiger partial charge in [-0.1, -0.05) is 109 Å². The molecule has 0 saturated carbocycles. The zero-order chi connectivity index (χ0) is 36.1. The molecule has 1 heterocycles. The first-order valence-electron chi connectivity index (χ1n) is 17.2. The van der Waals surface area contributed by atoms with Gasteiger partial charge in [0.1, 0.15) is 24.6 Å². The maximum atomic E-state index is 13.6. The van der Waals surface area contributed by atoms with Gasteiger partial charge < -0.3 is 33.2 Å². The minimum Gasteiger partial charge on any atom is -0.497 e. The zero-order valence-electron chi connectivity index (χ0n) is 29.2. The Morgan fingerprint density at radius 1 is 0.558 bits per heavy atom. The molecular weight excluding hydrogens is 660 g/mol. The van der Waals surface area contributed by atoms with Crippen LogP contribution < -0.4 is 4.74 Å². The molecule has 0 amide bonds. The van der Waals surface area contributed by atoms with Crippen molar-refractivity contribution in [3.8, 4) is 5.75 Å². The molecule has 1 fully saturated rings. The first-order valence-corrected chi connectivity index (χ1v) is 17.2. The molecule has 0 spiro atoms. The molecule has 9 nitrogen and oxygen atoms in total. The van der Waals surface area contributed by atoms with Crippen molar-refractivity contribution in [1.82, 2.24) is 0 Å². The standard InChI is InChI=1S/C43H42O9/c1-30-38(47-26-31-14-6-3-7-15-31)39(48-27-33-22-24-36(46-2)25-23-33)40(52-41(44)34-18-10-5-11-19-34)43(51-30)50-29-35-20-12-13-21-37(35)42(45)49-28-32-16-8-4-9-17-32/h3-25,30,38-40,43H,26-29H2,1-2H3/t30-,38-,39+,40+,43+/m1/s1. The second-order valence-corrected chi connectivity index (χ2v) is 12.4. The van der Waals surface area contributed by atoms with Gasteiger partial charge >= 0.3 is 11.9 Å². The number of methoxy groups -OCH3 is 1. The van der Waals surface area contributed by atoms with E-state index in [1.807, 2.05) is 104 Å². The Morgan fingerprint density at radius 3 is 1.77 bits per heavy atom. The van der Waals surface area contributed by atoms with E-state index in [4.69, 9.17) is 33.2 Å². The van der Waals surface area contributed by atoms with Gasteiger partial charge in [-0.15, -0.1) is 0 Å². The summed E-state index contributed by atoms with van der Waals surface area (Å²) in [5, 5.41) is 0. The molecule has 1 aliphatic heterocycles. The summed E-state index contributed by atoms with van der Waals surface area (Å²) >= 11 is 0. The van der Waals surface area contributed by atoms with E-state index in [0.29, 0.717) is 16.7 Å². The van der Waals surface area contributed by atoms with Crippen LogP contribution in [0.4, 0.5) is 0 Å². The molecule has 5 atom stereocenters. The fraction of sp³-hybridized carbons (Fsp3) is 0.256. The number of hydrogen-bond acceptors (Lipinski definition) is 9. The van der Waals surface area contributed by atoms with Crippen molar-refractivity contribution < 1.29 is 42.7 Å². The highest BCUT2D eigenvalue weighted by atomic mass is 16.7. The molecule has 0 unspecified atom stereocenters. The molecule has 52 heavy (non-hydrogen) atoms. The molecule has 0 bridgehead atoms. The van der Waals surface area contributed by atoms with Crippen molar-refractivity contribution in [2.24, 2.45) is 0 Å². The second kappa shape index (κ2) is 18.3. The van der Waals surface area contributed by atoms with Crippen molar-refractivity contribution >= 4 is 11.9 Å². The predicted molar refractivity (Wildman–Crippen MR) is 193 cm³/mol. The monoisotopic (exact) mass is 702 g/mol. The molecule has 268 valence electrons. The van der Waals surface area contributed by atoms with Crippen molar-refractivity contribution in [2.45, 2.75) is 64.1 Å². The number of carbonyl (C=O) groups excluding carboxylic acids is 2. The molecule has 0 aromatic heterocycles. The topological polar surface area (TPSA) is 98.8 Å². The largest absolute Gasteiger partial charge is 0.497 e. The van der Waals surface area contributed by atoms with Crippen molar-refractivity contribution in [3.63, 3.8) is 0 Å². The fourth-order valence-electron chi connectivity index (χ4n) is 5.92. The normalized spacial score (nSPS) is 19.8. The zero-order valence-corrected chi connectivity index (χ0v) is 29.2. The van der Waals surface area contributed by atoms with Gasteiger partial charge in [0, 0.05) is 0 Å². The van der Waals surface area contributed by atoms with Gasteiger partial charge in [-0.25, -0.2) is 9.59 Å². The minimum absolute atomic E-state index is 0.0336. The van der Waals surface area contributed by atoms with Gasteiger partial charge in [0.2, 0.25) is 0 Å². The minimum atomic E-state index is -1.08. The van der Waals surface area contributed by atoms with Gasteiger partial charge in [-0.2, -0.15) is 0 Å². The molecule has 6 rings (SSSR count). The lowest BCUT2D eigenvalue weighted by Gasteiger charge is -2.44. The number of benzene rings is 5. The smallest absolute Gasteiger partial charge is 0.338 e. The number of ether oxygens (including phenoxy) is 7. The van der Waals surface area contributed by atoms with Gasteiger partial charge in [0.15, 0.2) is 12.4 Å². The summed E-state index contributed by atoms with van der Waals surface area (Å²) in [6.45, 7) is 2.45. The molecular formula is C43H42O9. The highest BCUT2D eigenvalue weighted by Crippen LogP contribution is 2.32. The quantitative estimate of drug-likeness (QED) is 0.102. The molecule has 9 heteroatoms. The SMILES string of the molecule is COc1ccc(CO[C@@H]2[C@H](OC(=O)c3ccccc3)[C@@H](OCc3ccccc3C(=O)OCc3ccccc3)O[C@H](C)[C@H]2OCc2ccccc2)cc1. The summed E-state index contributed by atoms with van der Waals surface area (Å²) in [4.78, 5) is 26.8. The van der Waals surface area contributed by atoms with Crippen LogP contribution in [-0.4, -0.2) is 49.8 Å². The lowest BCUT2D eigenvalue weighted by Crippen LogP contribution is -2.60. The third-order valence-electron chi connectivity index (χ3n) is 8.72. The number of hydrogen-bond donors (Lipinski definition) is 0. The van der Waals surface area contributed by atoms with Crippen molar-refractivity contribution in [1.29, 1.82) is 0 Å². The van der Waals surface area contributed by atoms with E-state index in [1.54, 1.807) is 49.6 Å². The van der Waals surface area contributed by atoms with Crippen molar-refractivity contribution in [3.05, 3.63) is 173 Å². The van der Waals surface area contributed by atoms with Crippen LogP contribution in [0.25, 0.3) is 0 Å². The van der Waals surface area contributed by atoms with Crippen LogP contribution in [-0.2, 0) is 54.8 Å². The average Bonchev–Trinajstić information content (AvgIpc) is 3.20. The lowest BCUT2D eigenvalue weighted by molar-refractivity contribution is -0.311. The van der Waals surface area contributed by atoms with Crippen LogP contribution in [0.15, 0.2) is 140 Å². The highest BCUT2D eigenvalue weighted by molar-refractivity contribution is 5.91. The third-order valence-corrected chi connectivity index (χ3v) is 8.72. The summed E-state index contributed by atoms with van der Waals surface area (Å²) in [6, 6.07) is 42.6. The van der Waals surface area contributed by atoms with E-state index < -0.39 is 42.6 Å². The Morgan fingerprint density at radius 2 is 1.12 bits per heavy atom. The maximum Gasteiger partial charge on any atom is 0.338 e. The molecule has 5 aromatic carbocycles. The molecule has 0 N–H and O–H groups in total. The van der Waals surface area contributed by atoms with E-state index in [2.05, 4.69) is 0 Å². The van der Waals surface area contributed by atoms with Crippen LogP contribution in [0.5, 0.6) is 5.75 Å². The van der Waals surface area contributed by atoms with Crippen LogP contribution in [0, 0.1) is 0 Å². The van der Waals surface area contributed by atoms with E-state index >= 15 is 0 Å². The second-order valence-electron chi connectivity index (χ2n) is 12.4. The Kier molecular flexibility index (Phi) is 12.8. The summed E-state index contributed by atoms with van der Waals surface area (Å²) in [7, 11) is 1.61. The molecule has 0 aliphatic carbocycles. The van der Waals surface area contributed by atoms with Crippen LogP contribution in [0.3, 0.4) is 0 Å². The third kappa shape index (κ3) is 9.71. The van der Waals surface area contributed by atoms with E-state index in [1.165, 1.54) is 0 Å². The molecule has 1 aliphatic rings. The Hall–Kier alpha value is -5.32. The van der Waals surface area contributed by atoms with Crippen LogP contribution in [0.1, 0.15) is 49.9 Å². The fourth-order valence-corrected chi connectivity index (χ4v) is 5.92. The maximum absolute atomic E-state index is 13.6. The summed E-state index contributed by atoms with van der Waals surface area (Å²) in [5.74, 6) is -0.329. The average molecular weight is 703 g/mol. The van der Waals surface area contributed by atoms with E-state index in [9.17, 15) is 9.59 Å². The van der Waals surface area contributed by atoms with Crippen molar-refractivity contribution in [2.75, 3.05) is 7.11 Å². The number of rotatable bonds is 15. The molecule has 0 radical (unpaired) electrons. The lowest BCUT2D eigenvalue weighted by atomic mass is 9.98. The van der Waals surface area contributed by atoms with E-state index in [0.717, 1.165) is 22.4 Å². The number of esters is 2. The van der Waals surface area contributed by atoms with Gasteiger partial charge in [-0.3, -0.25) is 0 Å². The first kappa shape index (κ1) is 36.5. The summed E-state index contributed by atoms with van der Waals surface area (Å²) < 4.78 is 43.1. The number of carbonyl (C=O) groups is 2. The Balaban J connectivity index is 1.26. The molecule has 1 saturated heterocycles. The Labute approximate surface area is 304 Å². The first-order chi connectivity index (χ1) is 25.5. The van der Waals surface area contributed by atoms with Crippen LogP contribution in [0.2, 0.25) is 0 Å². The predicted octanol–water partition coefficient (Wildman–Crippen LogP) is 7.71. The molecule has 5 aromatic rings.